The van der Waals surface area contributed by atoms with Gasteiger partial charge in [-0.3, -0.25) is 0 Å². The Balaban J connectivity index is 3.33. The minimum absolute atomic E-state index is 0.0859. The zero-order chi connectivity index (χ0) is 15.0. The molecule has 1 rings (SSSR count). The van der Waals surface area contributed by atoms with E-state index in [1.165, 1.54) is 0 Å². The van der Waals surface area contributed by atoms with E-state index in [9.17, 15) is 8.42 Å². The Morgan fingerprint density at radius 3 is 2.32 bits per heavy atom. The Kier molecular flexibility index (Phi) is 4.31. The molecule has 0 radical (unpaired) electrons. The summed E-state index contributed by atoms with van der Waals surface area (Å²) in [6.45, 7) is 11.2. The molecule has 0 aromatic carbocycles. The summed E-state index contributed by atoms with van der Waals surface area (Å²) in [5, 5.41) is 4.25. The summed E-state index contributed by atoms with van der Waals surface area (Å²) < 4.78 is 28.8. The number of aryl methyl sites for hydroxylation is 1. The summed E-state index contributed by atoms with van der Waals surface area (Å²) in [5.41, 5.74) is 6.03. The number of nitrogen functional groups attached to an aromatic ring is 1. The first-order valence-corrected chi connectivity index (χ1v) is 7.87. The third-order valence-corrected chi connectivity index (χ3v) is 4.67. The highest BCUT2D eigenvalue weighted by atomic mass is 32.2. The van der Waals surface area contributed by atoms with Crippen molar-refractivity contribution < 1.29 is 8.42 Å². The van der Waals surface area contributed by atoms with Gasteiger partial charge in [0.1, 0.15) is 10.7 Å². The van der Waals surface area contributed by atoms with Gasteiger partial charge < -0.3 is 5.73 Å². The molecule has 0 bridgehead atoms. The monoisotopic (exact) mass is 288 g/mol. The highest BCUT2D eigenvalue weighted by molar-refractivity contribution is 7.89. The van der Waals surface area contributed by atoms with Gasteiger partial charge in [0.25, 0.3) is 0 Å². The maximum atomic E-state index is 12.3. The summed E-state index contributed by atoms with van der Waals surface area (Å²) in [4.78, 5) is 0.0859. The Morgan fingerprint density at radius 2 is 1.95 bits per heavy atom. The number of nitrogens with two attached hydrogens (primary N) is 1. The molecule has 1 aromatic heterocycles. The second-order valence-corrected chi connectivity index (χ2v) is 7.46. The number of nitrogens with zero attached hydrogens (tertiary/aromatic N) is 2. The quantitative estimate of drug-likeness (QED) is 0.880. The van der Waals surface area contributed by atoms with Crippen molar-refractivity contribution in [2.45, 2.75) is 64.4 Å². The van der Waals surface area contributed by atoms with Gasteiger partial charge in [-0.15, -0.1) is 0 Å². The van der Waals surface area contributed by atoms with E-state index >= 15 is 0 Å². The normalized spacial score (nSPS) is 14.6. The van der Waals surface area contributed by atoms with Crippen molar-refractivity contribution in [2.24, 2.45) is 0 Å². The van der Waals surface area contributed by atoms with Gasteiger partial charge in [0, 0.05) is 6.04 Å². The van der Waals surface area contributed by atoms with E-state index in [2.05, 4.69) is 9.82 Å². The average molecular weight is 288 g/mol. The Bertz CT molecular complexity index is 555. The molecule has 0 saturated heterocycles. The number of sulfonamides is 1. The molecule has 7 heteroatoms. The van der Waals surface area contributed by atoms with Crippen LogP contribution in [0.3, 0.4) is 0 Å². The maximum Gasteiger partial charge on any atom is 0.246 e. The number of hydrogen-bond donors (Lipinski definition) is 2. The van der Waals surface area contributed by atoms with Crippen LogP contribution < -0.4 is 10.5 Å². The van der Waals surface area contributed by atoms with Crippen LogP contribution in [-0.2, 0) is 15.6 Å². The molecular weight excluding hydrogens is 264 g/mol. The number of nitrogens with one attached hydrogen (secondary N) is 1. The zero-order valence-corrected chi connectivity index (χ0v) is 13.3. The fourth-order valence-corrected chi connectivity index (χ4v) is 3.39. The Hall–Kier alpha value is -1.08. The lowest BCUT2D eigenvalue weighted by molar-refractivity contribution is 0.360. The van der Waals surface area contributed by atoms with Gasteiger partial charge in [-0.05, 0) is 41.0 Å². The van der Waals surface area contributed by atoms with Crippen LogP contribution >= 0.6 is 0 Å². The second-order valence-electron chi connectivity index (χ2n) is 5.81. The van der Waals surface area contributed by atoms with Gasteiger partial charge >= 0.3 is 0 Å². The predicted octanol–water partition coefficient (Wildman–Crippen LogP) is 1.61. The first-order valence-electron chi connectivity index (χ1n) is 6.38. The third kappa shape index (κ3) is 3.27. The minimum atomic E-state index is -3.63. The van der Waals surface area contributed by atoms with Gasteiger partial charge in [-0.2, -0.15) is 5.10 Å². The molecule has 0 spiro atoms. The molecular formula is C12H24N4O2S. The van der Waals surface area contributed by atoms with Crippen molar-refractivity contribution in [3.63, 3.8) is 0 Å². The second kappa shape index (κ2) is 5.13. The van der Waals surface area contributed by atoms with Crippen molar-refractivity contribution in [2.75, 3.05) is 5.73 Å². The van der Waals surface area contributed by atoms with E-state index in [4.69, 9.17) is 5.73 Å². The molecule has 0 saturated carbocycles. The molecule has 1 unspecified atom stereocenters. The van der Waals surface area contributed by atoms with Crippen LogP contribution in [0.25, 0.3) is 0 Å². The predicted molar refractivity (Wildman–Crippen MR) is 76.4 cm³/mol. The van der Waals surface area contributed by atoms with Crippen molar-refractivity contribution in [3.05, 3.63) is 5.69 Å². The van der Waals surface area contributed by atoms with Crippen LogP contribution in [0.2, 0.25) is 0 Å². The van der Waals surface area contributed by atoms with Crippen LogP contribution in [0.1, 0.15) is 46.7 Å². The van der Waals surface area contributed by atoms with E-state index < -0.39 is 10.0 Å². The SMILES string of the molecule is CCC(C)NS(=O)(=O)c1c(C)nn(C(C)(C)C)c1N. The van der Waals surface area contributed by atoms with Crippen LogP contribution in [0.15, 0.2) is 4.90 Å². The first-order chi connectivity index (χ1) is 8.50. The number of aromatic nitrogens is 2. The third-order valence-electron chi connectivity index (χ3n) is 2.91. The van der Waals surface area contributed by atoms with Crippen molar-refractivity contribution in [1.29, 1.82) is 0 Å². The molecule has 0 aliphatic rings. The van der Waals surface area contributed by atoms with E-state index in [0.717, 1.165) is 0 Å². The Labute approximate surface area is 115 Å². The maximum absolute atomic E-state index is 12.3. The first kappa shape index (κ1) is 16.0. The van der Waals surface area contributed by atoms with Crippen LogP contribution in [0.4, 0.5) is 5.82 Å². The van der Waals surface area contributed by atoms with Gasteiger partial charge in [0.15, 0.2) is 0 Å². The fraction of sp³-hybridized carbons (Fsp3) is 0.750. The fourth-order valence-electron chi connectivity index (χ4n) is 1.78. The van der Waals surface area contributed by atoms with Gasteiger partial charge in [0.2, 0.25) is 10.0 Å². The molecule has 3 N–H and O–H groups in total. The molecule has 1 heterocycles. The standard InChI is InChI=1S/C12H24N4O2S/c1-7-8(2)15-19(17,18)10-9(3)14-16(11(10)13)12(4,5)6/h8,15H,7,13H2,1-6H3. The van der Waals surface area contributed by atoms with E-state index in [0.29, 0.717) is 12.1 Å². The number of rotatable bonds is 4. The van der Waals surface area contributed by atoms with Gasteiger partial charge in [0.05, 0.1) is 11.2 Å². The summed E-state index contributed by atoms with van der Waals surface area (Å²) in [7, 11) is -3.63. The molecule has 110 valence electrons. The van der Waals surface area contributed by atoms with E-state index in [1.54, 1.807) is 11.6 Å². The summed E-state index contributed by atoms with van der Waals surface area (Å²) >= 11 is 0. The largest absolute Gasteiger partial charge is 0.383 e. The molecule has 0 aliphatic heterocycles. The van der Waals surface area contributed by atoms with Crippen molar-refractivity contribution in [3.8, 4) is 0 Å². The molecule has 1 atom stereocenters. The number of hydrogen-bond acceptors (Lipinski definition) is 4. The van der Waals surface area contributed by atoms with Gasteiger partial charge in [-0.25, -0.2) is 17.8 Å². The van der Waals surface area contributed by atoms with Crippen LogP contribution in [0, 0.1) is 6.92 Å². The zero-order valence-electron chi connectivity index (χ0n) is 12.5. The molecule has 6 nitrogen and oxygen atoms in total. The highest BCUT2D eigenvalue weighted by Gasteiger charge is 2.29. The molecule has 1 aromatic rings. The summed E-state index contributed by atoms with van der Waals surface area (Å²) in [5.74, 6) is 0.181. The average Bonchev–Trinajstić information content (AvgIpc) is 2.53. The molecule has 0 aliphatic carbocycles. The topological polar surface area (TPSA) is 90.0 Å². The lowest BCUT2D eigenvalue weighted by atomic mass is 10.1. The molecule has 19 heavy (non-hydrogen) atoms. The van der Waals surface area contributed by atoms with Crippen molar-refractivity contribution >= 4 is 15.8 Å². The van der Waals surface area contributed by atoms with Gasteiger partial charge in [-0.1, -0.05) is 6.92 Å². The molecule has 0 amide bonds. The summed E-state index contributed by atoms with van der Waals surface area (Å²) in [6, 6.07) is -0.137. The van der Waals surface area contributed by atoms with Crippen molar-refractivity contribution in [1.82, 2.24) is 14.5 Å². The van der Waals surface area contributed by atoms with Crippen LogP contribution in [0.5, 0.6) is 0 Å². The lowest BCUT2D eigenvalue weighted by Gasteiger charge is -2.21. The van der Waals surface area contributed by atoms with E-state index in [-0.39, 0.29) is 22.3 Å². The van der Waals surface area contributed by atoms with E-state index in [1.807, 2.05) is 34.6 Å². The lowest BCUT2D eigenvalue weighted by Crippen LogP contribution is -2.33. The minimum Gasteiger partial charge on any atom is -0.383 e. The smallest absolute Gasteiger partial charge is 0.246 e. The Morgan fingerprint density at radius 1 is 1.42 bits per heavy atom. The molecule has 0 fully saturated rings. The highest BCUT2D eigenvalue weighted by Crippen LogP contribution is 2.27. The summed E-state index contributed by atoms with van der Waals surface area (Å²) in [6.07, 6.45) is 0.714. The van der Waals surface area contributed by atoms with Crippen LogP contribution in [-0.4, -0.2) is 24.2 Å². The number of anilines is 1.